The Morgan fingerprint density at radius 3 is 2.64 bits per heavy atom. The molecule has 2 rings (SSSR count). The van der Waals surface area contributed by atoms with Gasteiger partial charge in [-0.15, -0.1) is 0 Å². The lowest BCUT2D eigenvalue weighted by atomic mass is 9.91. The van der Waals surface area contributed by atoms with Gasteiger partial charge in [-0.05, 0) is 18.1 Å². The van der Waals surface area contributed by atoms with E-state index in [9.17, 15) is 0 Å². The second kappa shape index (κ2) is 4.29. The van der Waals surface area contributed by atoms with Gasteiger partial charge in [-0.3, -0.25) is 0 Å². The smallest absolute Gasteiger partial charge is 0.133 e. The van der Waals surface area contributed by atoms with Crippen molar-refractivity contribution >= 4 is 0 Å². The van der Waals surface area contributed by atoms with E-state index in [1.807, 2.05) is 12.1 Å². The monoisotopic (exact) mass is 190 g/mol. The summed E-state index contributed by atoms with van der Waals surface area (Å²) >= 11 is 0. The molecule has 0 saturated carbocycles. The summed E-state index contributed by atoms with van der Waals surface area (Å²) in [6.07, 6.45) is 4.67. The van der Waals surface area contributed by atoms with Crippen molar-refractivity contribution in [1.29, 1.82) is 0 Å². The Labute approximate surface area is 84.1 Å². The molecule has 1 aliphatic rings. The summed E-state index contributed by atoms with van der Waals surface area (Å²) in [6, 6.07) is 10.4. The van der Waals surface area contributed by atoms with Gasteiger partial charge in [0.25, 0.3) is 0 Å². The van der Waals surface area contributed by atoms with Gasteiger partial charge >= 0.3 is 0 Å². The van der Waals surface area contributed by atoms with Crippen molar-refractivity contribution in [2.24, 2.45) is 0 Å². The van der Waals surface area contributed by atoms with Crippen molar-refractivity contribution in [3.63, 3.8) is 0 Å². The molecule has 2 atom stereocenters. The van der Waals surface area contributed by atoms with Crippen LogP contribution < -0.4 is 0 Å². The molecule has 0 N–H and O–H groups in total. The van der Waals surface area contributed by atoms with Crippen molar-refractivity contribution in [1.82, 2.24) is 0 Å². The molecule has 0 aliphatic carbocycles. The minimum atomic E-state index is 0.0578. The largest absolute Gasteiger partial charge is 0.345 e. The number of rotatable bonds is 3. The summed E-state index contributed by atoms with van der Waals surface area (Å²) in [7, 11) is 0. The van der Waals surface area contributed by atoms with E-state index in [-0.39, 0.29) is 6.10 Å². The molecule has 2 unspecified atom stereocenters. The van der Waals surface area contributed by atoms with E-state index in [4.69, 9.17) is 9.78 Å². The van der Waals surface area contributed by atoms with Crippen molar-refractivity contribution in [2.45, 2.75) is 25.4 Å². The number of hydrogen-bond donors (Lipinski definition) is 0. The van der Waals surface area contributed by atoms with Crippen molar-refractivity contribution < 1.29 is 9.78 Å². The van der Waals surface area contributed by atoms with Crippen LogP contribution in [0.4, 0.5) is 0 Å². The van der Waals surface area contributed by atoms with Crippen LogP contribution in [0.2, 0.25) is 0 Å². The van der Waals surface area contributed by atoms with Crippen LogP contribution in [0.15, 0.2) is 42.7 Å². The molecule has 0 amide bonds. The normalized spacial score (nSPS) is 21.9. The summed E-state index contributed by atoms with van der Waals surface area (Å²) in [5.41, 5.74) is 1.30. The molecule has 14 heavy (non-hydrogen) atoms. The molecule has 0 spiro atoms. The Hall–Kier alpha value is -1.28. The molecule has 2 nitrogen and oxygen atoms in total. The lowest BCUT2D eigenvalue weighted by molar-refractivity contribution is -0.256. The van der Waals surface area contributed by atoms with Gasteiger partial charge in [0.05, 0.1) is 0 Å². The highest BCUT2D eigenvalue weighted by atomic mass is 17.2. The van der Waals surface area contributed by atoms with Gasteiger partial charge in [-0.25, -0.2) is 0 Å². The maximum atomic E-state index is 5.15. The molecule has 0 fully saturated rings. The third-order valence-corrected chi connectivity index (χ3v) is 2.55. The van der Waals surface area contributed by atoms with E-state index in [1.165, 1.54) is 5.56 Å². The van der Waals surface area contributed by atoms with Crippen LogP contribution in [-0.4, -0.2) is 6.10 Å². The van der Waals surface area contributed by atoms with Crippen LogP contribution in [0, 0.1) is 0 Å². The fourth-order valence-electron chi connectivity index (χ4n) is 1.80. The third-order valence-electron chi connectivity index (χ3n) is 2.55. The van der Waals surface area contributed by atoms with Crippen LogP contribution >= 0.6 is 0 Å². The first-order valence-corrected chi connectivity index (χ1v) is 4.95. The van der Waals surface area contributed by atoms with Crippen molar-refractivity contribution in [3.8, 4) is 0 Å². The van der Waals surface area contributed by atoms with Crippen LogP contribution in [-0.2, 0) is 9.78 Å². The van der Waals surface area contributed by atoms with Crippen molar-refractivity contribution in [2.75, 3.05) is 0 Å². The Kier molecular flexibility index (Phi) is 2.84. The molecular formula is C12H14O2. The SMILES string of the molecule is CCC(c1ccccc1)C1C=COO1. The number of hydrogen-bond acceptors (Lipinski definition) is 2. The fraction of sp³-hybridized carbons (Fsp3) is 0.333. The van der Waals surface area contributed by atoms with Gasteiger partial charge in [0.15, 0.2) is 0 Å². The van der Waals surface area contributed by atoms with Crippen LogP contribution in [0.1, 0.15) is 24.8 Å². The molecule has 0 bridgehead atoms. The summed E-state index contributed by atoms with van der Waals surface area (Å²) in [5, 5.41) is 0. The molecular weight excluding hydrogens is 176 g/mol. The first kappa shape index (κ1) is 9.28. The zero-order chi connectivity index (χ0) is 9.80. The van der Waals surface area contributed by atoms with E-state index in [0.717, 1.165) is 6.42 Å². The second-order valence-corrected chi connectivity index (χ2v) is 3.41. The predicted molar refractivity (Wildman–Crippen MR) is 54.6 cm³/mol. The first-order valence-electron chi connectivity index (χ1n) is 4.95. The predicted octanol–water partition coefficient (Wildman–Crippen LogP) is 3.02. The van der Waals surface area contributed by atoms with E-state index in [1.54, 1.807) is 6.26 Å². The standard InChI is InChI=1S/C12H14O2/c1-2-11(12-8-9-13-14-12)10-6-4-3-5-7-10/h3-9,11-12H,2H2,1H3. The molecule has 0 radical (unpaired) electrons. The summed E-state index contributed by atoms with van der Waals surface area (Å²) in [6.45, 7) is 2.16. The highest BCUT2D eigenvalue weighted by molar-refractivity contribution is 5.22. The van der Waals surface area contributed by atoms with E-state index in [0.29, 0.717) is 5.92 Å². The topological polar surface area (TPSA) is 18.5 Å². The Morgan fingerprint density at radius 2 is 2.07 bits per heavy atom. The summed E-state index contributed by atoms with van der Waals surface area (Å²) in [5.74, 6) is 0.384. The maximum Gasteiger partial charge on any atom is 0.133 e. The van der Waals surface area contributed by atoms with Gasteiger partial charge < -0.3 is 4.89 Å². The van der Waals surface area contributed by atoms with Gasteiger partial charge in [-0.2, -0.15) is 4.89 Å². The zero-order valence-corrected chi connectivity index (χ0v) is 8.22. The van der Waals surface area contributed by atoms with E-state index < -0.39 is 0 Å². The average Bonchev–Trinajstić information content (AvgIpc) is 2.74. The highest BCUT2D eigenvalue weighted by Crippen LogP contribution is 2.28. The van der Waals surface area contributed by atoms with Crippen molar-refractivity contribution in [3.05, 3.63) is 48.2 Å². The molecule has 0 aromatic heterocycles. The Balaban J connectivity index is 2.17. The van der Waals surface area contributed by atoms with Crippen LogP contribution in [0.3, 0.4) is 0 Å². The summed E-state index contributed by atoms with van der Waals surface area (Å²) < 4.78 is 0. The van der Waals surface area contributed by atoms with Gasteiger partial charge in [0.1, 0.15) is 12.4 Å². The lowest BCUT2D eigenvalue weighted by Crippen LogP contribution is -2.15. The molecule has 1 aromatic rings. The lowest BCUT2D eigenvalue weighted by Gasteiger charge is -2.18. The van der Waals surface area contributed by atoms with Gasteiger partial charge in [0, 0.05) is 5.92 Å². The first-order chi connectivity index (χ1) is 6.92. The fourth-order valence-corrected chi connectivity index (χ4v) is 1.80. The summed E-state index contributed by atoms with van der Waals surface area (Å²) in [4.78, 5) is 9.93. The Bertz CT molecular complexity index is 305. The molecule has 74 valence electrons. The molecule has 1 aliphatic heterocycles. The van der Waals surface area contributed by atoms with Gasteiger partial charge in [-0.1, -0.05) is 37.3 Å². The number of benzene rings is 1. The average molecular weight is 190 g/mol. The molecule has 0 saturated heterocycles. The quantitative estimate of drug-likeness (QED) is 0.682. The second-order valence-electron chi connectivity index (χ2n) is 3.41. The van der Waals surface area contributed by atoms with Crippen LogP contribution in [0.5, 0.6) is 0 Å². The minimum absolute atomic E-state index is 0.0578. The minimum Gasteiger partial charge on any atom is -0.345 e. The Morgan fingerprint density at radius 1 is 1.29 bits per heavy atom. The molecule has 1 aromatic carbocycles. The zero-order valence-electron chi connectivity index (χ0n) is 8.22. The van der Waals surface area contributed by atoms with E-state index >= 15 is 0 Å². The molecule has 1 heterocycles. The van der Waals surface area contributed by atoms with E-state index in [2.05, 4.69) is 31.2 Å². The highest BCUT2D eigenvalue weighted by Gasteiger charge is 2.24. The maximum absolute atomic E-state index is 5.15. The van der Waals surface area contributed by atoms with Gasteiger partial charge in [0.2, 0.25) is 0 Å². The molecule has 2 heteroatoms. The van der Waals surface area contributed by atoms with Crippen LogP contribution in [0.25, 0.3) is 0 Å². The third kappa shape index (κ3) is 1.80.